The van der Waals surface area contributed by atoms with Crippen molar-refractivity contribution >= 4 is 22.7 Å². The minimum Gasteiger partial charge on any atom is -0.391 e. The predicted octanol–water partition coefficient (Wildman–Crippen LogP) is 2.35. The molecule has 1 saturated heterocycles. The molecular formula is C25H36N4O3. The molecule has 2 amide bonds. The number of rotatable bonds is 7. The molecular weight excluding hydrogens is 404 g/mol. The van der Waals surface area contributed by atoms with E-state index in [2.05, 4.69) is 21.7 Å². The summed E-state index contributed by atoms with van der Waals surface area (Å²) in [6.07, 6.45) is 7.85. The number of fused-ring (bicyclic) bond motifs is 1. The van der Waals surface area contributed by atoms with Gasteiger partial charge in [0.2, 0.25) is 11.8 Å². The van der Waals surface area contributed by atoms with E-state index < -0.39 is 12.1 Å². The zero-order valence-electron chi connectivity index (χ0n) is 19.1. The van der Waals surface area contributed by atoms with Crippen molar-refractivity contribution in [2.75, 3.05) is 13.6 Å². The highest BCUT2D eigenvalue weighted by molar-refractivity contribution is 5.90. The lowest BCUT2D eigenvalue weighted by molar-refractivity contribution is -0.140. The van der Waals surface area contributed by atoms with Crippen LogP contribution in [0.5, 0.6) is 0 Å². The highest BCUT2D eigenvalue weighted by Gasteiger charge is 2.42. The van der Waals surface area contributed by atoms with E-state index in [1.54, 1.807) is 14.0 Å². The number of nitrogens with one attached hydrogen (secondary N) is 3. The van der Waals surface area contributed by atoms with Gasteiger partial charge in [0, 0.05) is 23.6 Å². The van der Waals surface area contributed by atoms with Gasteiger partial charge in [-0.1, -0.05) is 37.5 Å². The second kappa shape index (κ2) is 10.0. The molecule has 7 nitrogen and oxygen atoms in total. The molecule has 7 heteroatoms. The van der Waals surface area contributed by atoms with Crippen LogP contribution in [0, 0.1) is 5.92 Å². The molecule has 4 atom stereocenters. The summed E-state index contributed by atoms with van der Waals surface area (Å²) >= 11 is 0. The zero-order chi connectivity index (χ0) is 22.7. The number of hydrogen-bond donors (Lipinski definition) is 4. The van der Waals surface area contributed by atoms with Crippen LogP contribution in [0.4, 0.5) is 0 Å². The standard InChI is InChI=1S/C25H36N4O3/c1-16(26-2)24(31)28-23(17-8-4-3-5-9-17)25(32)29-13-12-22(30)21(29)14-18-15-27-20-11-7-6-10-19(18)20/h6-7,10-11,15-17,21-23,26-27,30H,3-5,8-9,12-14H2,1-2H3,(H,28,31). The van der Waals surface area contributed by atoms with Gasteiger partial charge in [-0.15, -0.1) is 0 Å². The van der Waals surface area contributed by atoms with Crippen LogP contribution in [0.15, 0.2) is 30.5 Å². The first kappa shape index (κ1) is 22.8. The summed E-state index contributed by atoms with van der Waals surface area (Å²) in [7, 11) is 1.75. The van der Waals surface area contributed by atoms with Crippen molar-refractivity contribution in [3.05, 3.63) is 36.0 Å². The number of aliphatic hydroxyl groups excluding tert-OH is 1. The molecule has 1 saturated carbocycles. The highest BCUT2D eigenvalue weighted by Crippen LogP contribution is 2.31. The third-order valence-corrected chi connectivity index (χ3v) is 7.41. The quantitative estimate of drug-likeness (QED) is 0.531. The van der Waals surface area contributed by atoms with Crippen molar-refractivity contribution in [2.45, 2.75) is 76.1 Å². The average Bonchev–Trinajstić information content (AvgIpc) is 3.40. The number of aliphatic hydroxyl groups is 1. The average molecular weight is 441 g/mol. The van der Waals surface area contributed by atoms with Gasteiger partial charge in [-0.2, -0.15) is 0 Å². The van der Waals surface area contributed by atoms with Crippen LogP contribution >= 0.6 is 0 Å². The van der Waals surface area contributed by atoms with Crippen molar-refractivity contribution in [2.24, 2.45) is 5.92 Å². The van der Waals surface area contributed by atoms with Crippen LogP contribution in [0.25, 0.3) is 10.9 Å². The molecule has 2 aliphatic rings. The predicted molar refractivity (Wildman–Crippen MR) is 125 cm³/mol. The number of nitrogens with zero attached hydrogens (tertiary/aromatic N) is 1. The monoisotopic (exact) mass is 440 g/mol. The molecule has 1 aromatic carbocycles. The first-order chi connectivity index (χ1) is 15.5. The van der Waals surface area contributed by atoms with E-state index in [0.717, 1.165) is 42.1 Å². The van der Waals surface area contributed by atoms with Crippen molar-refractivity contribution < 1.29 is 14.7 Å². The van der Waals surface area contributed by atoms with Gasteiger partial charge in [0.05, 0.1) is 18.2 Å². The first-order valence-corrected chi connectivity index (χ1v) is 12.0. The largest absolute Gasteiger partial charge is 0.391 e. The fraction of sp³-hybridized carbons (Fsp3) is 0.600. The lowest BCUT2D eigenvalue weighted by atomic mass is 9.83. The highest BCUT2D eigenvalue weighted by atomic mass is 16.3. The summed E-state index contributed by atoms with van der Waals surface area (Å²) in [4.78, 5) is 31.6. The van der Waals surface area contributed by atoms with Crippen LogP contribution in [0.3, 0.4) is 0 Å². The third-order valence-electron chi connectivity index (χ3n) is 7.41. The summed E-state index contributed by atoms with van der Waals surface area (Å²) in [5, 5.41) is 17.9. The molecule has 32 heavy (non-hydrogen) atoms. The maximum absolute atomic E-state index is 13.8. The summed E-state index contributed by atoms with van der Waals surface area (Å²) in [6.45, 7) is 2.32. The van der Waals surface area contributed by atoms with Gasteiger partial charge in [-0.3, -0.25) is 9.59 Å². The van der Waals surface area contributed by atoms with Crippen molar-refractivity contribution in [3.8, 4) is 0 Å². The summed E-state index contributed by atoms with van der Waals surface area (Å²) in [5.74, 6) is -0.0463. The lowest BCUT2D eigenvalue weighted by Gasteiger charge is -2.35. The zero-order valence-corrected chi connectivity index (χ0v) is 19.1. The number of hydrogen-bond acceptors (Lipinski definition) is 4. The van der Waals surface area contributed by atoms with Crippen molar-refractivity contribution in [1.29, 1.82) is 0 Å². The van der Waals surface area contributed by atoms with E-state index >= 15 is 0 Å². The number of aromatic nitrogens is 1. The Kier molecular flexibility index (Phi) is 7.16. The van der Waals surface area contributed by atoms with Crippen molar-refractivity contribution in [3.63, 3.8) is 0 Å². The molecule has 0 radical (unpaired) electrons. The molecule has 4 rings (SSSR count). The second-order valence-electron chi connectivity index (χ2n) is 9.41. The van der Waals surface area contributed by atoms with Gasteiger partial charge in [0.25, 0.3) is 0 Å². The molecule has 174 valence electrons. The molecule has 1 aromatic heterocycles. The molecule has 4 unspecified atom stereocenters. The number of aromatic amines is 1. The Morgan fingerprint density at radius 1 is 1.19 bits per heavy atom. The van der Waals surface area contributed by atoms with Crippen LogP contribution in [-0.2, 0) is 16.0 Å². The Hall–Kier alpha value is -2.38. The summed E-state index contributed by atoms with van der Waals surface area (Å²) in [6, 6.07) is 6.92. The Balaban J connectivity index is 1.56. The van der Waals surface area contributed by atoms with E-state index in [1.165, 1.54) is 6.42 Å². The minimum atomic E-state index is -0.563. The molecule has 2 heterocycles. The number of benzene rings is 1. The molecule has 0 spiro atoms. The van der Waals surface area contributed by atoms with Crippen LogP contribution in [-0.4, -0.2) is 64.6 Å². The normalized spacial score (nSPS) is 23.9. The number of carbonyl (C=O) groups excluding carboxylic acids is 2. The minimum absolute atomic E-state index is 0.0463. The fourth-order valence-electron chi connectivity index (χ4n) is 5.32. The third kappa shape index (κ3) is 4.69. The molecule has 4 N–H and O–H groups in total. The summed E-state index contributed by atoms with van der Waals surface area (Å²) < 4.78 is 0. The molecule has 1 aliphatic heterocycles. The Morgan fingerprint density at radius 3 is 2.69 bits per heavy atom. The van der Waals surface area contributed by atoms with Crippen molar-refractivity contribution in [1.82, 2.24) is 20.5 Å². The van der Waals surface area contributed by atoms with Gasteiger partial charge in [0.15, 0.2) is 0 Å². The number of para-hydroxylation sites is 1. The van der Waals surface area contributed by atoms with Crippen LogP contribution in [0.1, 0.15) is 51.0 Å². The van der Waals surface area contributed by atoms with E-state index in [-0.39, 0.29) is 29.8 Å². The first-order valence-electron chi connectivity index (χ1n) is 12.0. The number of likely N-dealkylation sites (N-methyl/N-ethyl adjacent to an activating group) is 1. The van der Waals surface area contributed by atoms with Gasteiger partial charge in [-0.25, -0.2) is 0 Å². The topological polar surface area (TPSA) is 97.5 Å². The number of carbonyl (C=O) groups is 2. The fourth-order valence-corrected chi connectivity index (χ4v) is 5.32. The Labute approximate surface area is 189 Å². The Morgan fingerprint density at radius 2 is 1.94 bits per heavy atom. The van der Waals surface area contributed by atoms with E-state index in [4.69, 9.17) is 0 Å². The number of H-pyrrole nitrogens is 1. The smallest absolute Gasteiger partial charge is 0.245 e. The van der Waals surface area contributed by atoms with E-state index in [0.29, 0.717) is 19.4 Å². The maximum Gasteiger partial charge on any atom is 0.245 e. The van der Waals surface area contributed by atoms with Gasteiger partial charge in [-0.05, 0) is 57.2 Å². The van der Waals surface area contributed by atoms with Gasteiger partial charge >= 0.3 is 0 Å². The number of likely N-dealkylation sites (tertiary alicyclic amines) is 1. The molecule has 2 aromatic rings. The molecule has 2 fully saturated rings. The van der Waals surface area contributed by atoms with Crippen LogP contribution < -0.4 is 10.6 Å². The molecule has 0 bridgehead atoms. The maximum atomic E-state index is 13.8. The van der Waals surface area contributed by atoms with Crippen LogP contribution in [0.2, 0.25) is 0 Å². The Bertz CT molecular complexity index is 936. The van der Waals surface area contributed by atoms with E-state index in [9.17, 15) is 14.7 Å². The van der Waals surface area contributed by atoms with E-state index in [1.807, 2.05) is 29.3 Å². The SMILES string of the molecule is CNC(C)C(=O)NC(C(=O)N1CCC(O)C1Cc1c[nH]c2ccccc12)C1CCCCC1. The molecule has 1 aliphatic carbocycles. The second-order valence-corrected chi connectivity index (χ2v) is 9.41. The number of amides is 2. The van der Waals surface area contributed by atoms with Gasteiger partial charge in [0.1, 0.15) is 6.04 Å². The van der Waals surface area contributed by atoms with Gasteiger partial charge < -0.3 is 25.6 Å². The summed E-state index contributed by atoms with van der Waals surface area (Å²) in [5.41, 5.74) is 2.16. The lowest BCUT2D eigenvalue weighted by Crippen LogP contribution is -2.57.